The van der Waals surface area contributed by atoms with Crippen LogP contribution in [0.15, 0.2) is 18.3 Å². The second-order valence-corrected chi connectivity index (χ2v) is 6.10. The summed E-state index contributed by atoms with van der Waals surface area (Å²) in [4.78, 5) is 17.0. The third-order valence-corrected chi connectivity index (χ3v) is 4.66. The van der Waals surface area contributed by atoms with Crippen molar-refractivity contribution >= 4 is 39.1 Å². The predicted octanol–water partition coefficient (Wildman–Crippen LogP) is 2.06. The standard InChI is InChI=1S/C12H12ClN3OS/c13-8-1-4-15-9-5-7(18-10(8)9)6-16-11(17)12(14)2-3-12/h1,4-5H,2-3,6,14H2,(H,16,17). The van der Waals surface area contributed by atoms with Crippen molar-refractivity contribution < 1.29 is 4.79 Å². The van der Waals surface area contributed by atoms with Gasteiger partial charge in [-0.2, -0.15) is 0 Å². The minimum absolute atomic E-state index is 0.0704. The zero-order valence-corrected chi connectivity index (χ0v) is 11.1. The highest BCUT2D eigenvalue weighted by Crippen LogP contribution is 2.33. The van der Waals surface area contributed by atoms with Gasteiger partial charge in [0, 0.05) is 11.1 Å². The van der Waals surface area contributed by atoms with Crippen LogP contribution in [0, 0.1) is 0 Å². The lowest BCUT2D eigenvalue weighted by Crippen LogP contribution is -2.42. The van der Waals surface area contributed by atoms with Crippen molar-refractivity contribution in [1.82, 2.24) is 10.3 Å². The summed E-state index contributed by atoms with van der Waals surface area (Å²) in [6.07, 6.45) is 3.23. The summed E-state index contributed by atoms with van der Waals surface area (Å²) < 4.78 is 0.956. The summed E-state index contributed by atoms with van der Waals surface area (Å²) in [5.41, 5.74) is 6.06. The van der Waals surface area contributed by atoms with Gasteiger partial charge in [-0.25, -0.2) is 0 Å². The number of hydrogen-bond acceptors (Lipinski definition) is 4. The summed E-state index contributed by atoms with van der Waals surface area (Å²) in [5, 5.41) is 3.55. The first kappa shape index (κ1) is 11.9. The van der Waals surface area contributed by atoms with Crippen LogP contribution in [0.1, 0.15) is 17.7 Å². The fourth-order valence-electron chi connectivity index (χ4n) is 1.75. The molecule has 2 heterocycles. The fraction of sp³-hybridized carbons (Fsp3) is 0.333. The van der Waals surface area contributed by atoms with Crippen LogP contribution < -0.4 is 11.1 Å². The fourth-order valence-corrected chi connectivity index (χ4v) is 2.98. The van der Waals surface area contributed by atoms with Gasteiger partial charge in [0.2, 0.25) is 5.91 Å². The number of nitrogens with one attached hydrogen (secondary N) is 1. The molecule has 1 fully saturated rings. The molecular formula is C12H12ClN3OS. The topological polar surface area (TPSA) is 68.0 Å². The molecule has 1 aliphatic carbocycles. The summed E-state index contributed by atoms with van der Waals surface area (Å²) in [7, 11) is 0. The van der Waals surface area contributed by atoms with E-state index in [0.29, 0.717) is 11.6 Å². The molecule has 4 nitrogen and oxygen atoms in total. The van der Waals surface area contributed by atoms with E-state index in [2.05, 4.69) is 10.3 Å². The molecule has 0 spiro atoms. The molecule has 1 aliphatic rings. The second kappa shape index (κ2) is 4.19. The molecule has 0 bridgehead atoms. The van der Waals surface area contributed by atoms with Crippen molar-refractivity contribution in [2.75, 3.05) is 0 Å². The van der Waals surface area contributed by atoms with Crippen molar-refractivity contribution in [3.8, 4) is 0 Å². The van der Waals surface area contributed by atoms with Crippen molar-refractivity contribution in [1.29, 1.82) is 0 Å². The SMILES string of the molecule is NC1(C(=O)NCc2cc3nccc(Cl)c3s2)CC1. The van der Waals surface area contributed by atoms with E-state index in [-0.39, 0.29) is 5.91 Å². The van der Waals surface area contributed by atoms with E-state index < -0.39 is 5.54 Å². The maximum atomic E-state index is 11.7. The maximum Gasteiger partial charge on any atom is 0.240 e. The van der Waals surface area contributed by atoms with Crippen LogP contribution in [0.4, 0.5) is 0 Å². The number of pyridine rings is 1. The molecule has 2 aromatic heterocycles. The number of nitrogens with two attached hydrogens (primary N) is 1. The largest absolute Gasteiger partial charge is 0.350 e. The van der Waals surface area contributed by atoms with Gasteiger partial charge < -0.3 is 11.1 Å². The van der Waals surface area contributed by atoms with Gasteiger partial charge in [-0.05, 0) is 25.0 Å². The highest BCUT2D eigenvalue weighted by atomic mass is 35.5. The summed E-state index contributed by atoms with van der Waals surface area (Å²) in [6, 6.07) is 3.71. The first-order chi connectivity index (χ1) is 8.58. The van der Waals surface area contributed by atoms with Gasteiger partial charge in [0.15, 0.2) is 0 Å². The van der Waals surface area contributed by atoms with Gasteiger partial charge >= 0.3 is 0 Å². The van der Waals surface area contributed by atoms with E-state index in [1.807, 2.05) is 6.07 Å². The molecule has 18 heavy (non-hydrogen) atoms. The Balaban J connectivity index is 1.75. The molecule has 0 atom stereocenters. The maximum absolute atomic E-state index is 11.7. The Bertz CT molecular complexity index is 621. The molecule has 1 amide bonds. The summed E-state index contributed by atoms with van der Waals surface area (Å²) in [5.74, 6) is -0.0704. The average Bonchev–Trinajstić information content (AvgIpc) is 2.95. The second-order valence-electron chi connectivity index (χ2n) is 4.56. The minimum Gasteiger partial charge on any atom is -0.350 e. The van der Waals surface area contributed by atoms with Crippen molar-refractivity contribution in [2.45, 2.75) is 24.9 Å². The summed E-state index contributed by atoms with van der Waals surface area (Å²) >= 11 is 7.63. The Morgan fingerprint density at radius 1 is 1.61 bits per heavy atom. The van der Waals surface area contributed by atoms with Gasteiger partial charge in [-0.3, -0.25) is 9.78 Å². The quantitative estimate of drug-likeness (QED) is 0.905. The van der Waals surface area contributed by atoms with Crippen LogP contribution in [-0.2, 0) is 11.3 Å². The van der Waals surface area contributed by atoms with Crippen molar-refractivity contribution in [3.63, 3.8) is 0 Å². The zero-order chi connectivity index (χ0) is 12.8. The van der Waals surface area contributed by atoms with Crippen LogP contribution >= 0.6 is 22.9 Å². The Labute approximate surface area is 113 Å². The van der Waals surface area contributed by atoms with Gasteiger partial charge in [0.1, 0.15) is 0 Å². The molecule has 0 saturated heterocycles. The molecule has 6 heteroatoms. The molecule has 0 unspecified atom stereocenters. The summed E-state index contributed by atoms with van der Waals surface area (Å²) in [6.45, 7) is 0.481. The zero-order valence-electron chi connectivity index (χ0n) is 9.57. The third-order valence-electron chi connectivity index (χ3n) is 3.08. The lowest BCUT2D eigenvalue weighted by atomic mass is 10.2. The first-order valence-corrected chi connectivity index (χ1v) is 6.88. The number of thiophene rings is 1. The number of hydrogen-bond donors (Lipinski definition) is 2. The Kier molecular flexibility index (Phi) is 2.77. The van der Waals surface area contributed by atoms with Crippen LogP contribution in [0.25, 0.3) is 10.2 Å². The van der Waals surface area contributed by atoms with Gasteiger partial charge in [0.25, 0.3) is 0 Å². The van der Waals surface area contributed by atoms with Crippen molar-refractivity contribution in [2.24, 2.45) is 5.73 Å². The highest BCUT2D eigenvalue weighted by molar-refractivity contribution is 7.19. The third kappa shape index (κ3) is 2.09. The van der Waals surface area contributed by atoms with Crippen LogP contribution in [0.5, 0.6) is 0 Å². The predicted molar refractivity (Wildman–Crippen MR) is 72.6 cm³/mol. The number of carbonyl (C=O) groups excluding carboxylic acids is 1. The Hall–Kier alpha value is -1.17. The molecule has 0 radical (unpaired) electrons. The van der Waals surface area contributed by atoms with Gasteiger partial charge in [-0.15, -0.1) is 11.3 Å². The Morgan fingerprint density at radius 3 is 3.06 bits per heavy atom. The van der Waals surface area contributed by atoms with Crippen LogP contribution in [-0.4, -0.2) is 16.4 Å². The van der Waals surface area contributed by atoms with E-state index in [1.165, 1.54) is 0 Å². The minimum atomic E-state index is -0.618. The smallest absolute Gasteiger partial charge is 0.240 e. The molecule has 2 aromatic rings. The molecular weight excluding hydrogens is 270 g/mol. The van der Waals surface area contributed by atoms with Crippen LogP contribution in [0.3, 0.4) is 0 Å². The van der Waals surface area contributed by atoms with E-state index in [1.54, 1.807) is 23.6 Å². The normalized spacial score (nSPS) is 16.8. The first-order valence-electron chi connectivity index (χ1n) is 5.69. The number of nitrogens with zero attached hydrogens (tertiary/aromatic N) is 1. The number of fused-ring (bicyclic) bond motifs is 1. The molecule has 3 rings (SSSR count). The van der Waals surface area contributed by atoms with E-state index >= 15 is 0 Å². The Morgan fingerprint density at radius 2 is 2.39 bits per heavy atom. The lowest BCUT2D eigenvalue weighted by molar-refractivity contribution is -0.123. The highest BCUT2D eigenvalue weighted by Gasteiger charge is 2.45. The van der Waals surface area contributed by atoms with Crippen molar-refractivity contribution in [3.05, 3.63) is 28.2 Å². The van der Waals surface area contributed by atoms with E-state index in [0.717, 1.165) is 27.9 Å². The lowest BCUT2D eigenvalue weighted by Gasteiger charge is -2.08. The number of rotatable bonds is 3. The number of carbonyl (C=O) groups is 1. The molecule has 1 saturated carbocycles. The number of aromatic nitrogens is 1. The number of amides is 1. The monoisotopic (exact) mass is 281 g/mol. The molecule has 94 valence electrons. The molecule has 3 N–H and O–H groups in total. The van der Waals surface area contributed by atoms with E-state index in [4.69, 9.17) is 17.3 Å². The van der Waals surface area contributed by atoms with E-state index in [9.17, 15) is 4.79 Å². The molecule has 0 aliphatic heterocycles. The van der Waals surface area contributed by atoms with Gasteiger partial charge in [0.05, 0.1) is 27.3 Å². The molecule has 0 aromatic carbocycles. The van der Waals surface area contributed by atoms with Crippen LogP contribution in [0.2, 0.25) is 5.02 Å². The number of halogens is 1. The average molecular weight is 282 g/mol. The van der Waals surface area contributed by atoms with Gasteiger partial charge in [-0.1, -0.05) is 11.6 Å².